The summed E-state index contributed by atoms with van der Waals surface area (Å²) in [4.78, 5) is 0.192. The van der Waals surface area contributed by atoms with Crippen molar-refractivity contribution in [3.8, 4) is 0 Å². The third kappa shape index (κ3) is 3.60. The molecule has 1 aromatic carbocycles. The van der Waals surface area contributed by atoms with Crippen LogP contribution in [-0.4, -0.2) is 11.7 Å². The summed E-state index contributed by atoms with van der Waals surface area (Å²) >= 11 is -0.105. The van der Waals surface area contributed by atoms with Gasteiger partial charge >= 0.3 is 5.51 Å². The van der Waals surface area contributed by atoms with Crippen LogP contribution in [0, 0.1) is 0 Å². The normalized spacial score (nSPS) is 25.2. The number of halogens is 3. The summed E-state index contributed by atoms with van der Waals surface area (Å²) in [7, 11) is 0. The number of rotatable bonds is 2. The molecule has 1 aromatic rings. The predicted octanol–water partition coefficient (Wildman–Crippen LogP) is 2.12. The molecule has 0 bridgehead atoms. The van der Waals surface area contributed by atoms with Gasteiger partial charge in [0.25, 0.3) is 0 Å². The predicted molar refractivity (Wildman–Crippen MR) is 60.0 cm³/mol. The molecule has 0 spiro atoms. The van der Waals surface area contributed by atoms with Crippen molar-refractivity contribution in [2.75, 3.05) is 0 Å². The molecule has 0 amide bonds. The van der Waals surface area contributed by atoms with Gasteiger partial charge in [-0.25, -0.2) is 10.9 Å². The van der Waals surface area contributed by atoms with Gasteiger partial charge < -0.3 is 5.73 Å². The molecular formula is C10H12F3N3S. The van der Waals surface area contributed by atoms with E-state index in [0.717, 1.165) is 5.56 Å². The zero-order valence-electron chi connectivity index (χ0n) is 8.79. The van der Waals surface area contributed by atoms with Gasteiger partial charge in [0.2, 0.25) is 0 Å². The van der Waals surface area contributed by atoms with Crippen molar-refractivity contribution in [1.82, 2.24) is 10.9 Å². The molecule has 4 N–H and O–H groups in total. The minimum atomic E-state index is -4.25. The molecule has 7 heteroatoms. The lowest BCUT2D eigenvalue weighted by Gasteiger charge is -2.12. The third-order valence-electron chi connectivity index (χ3n) is 2.43. The Hall–Kier alpha value is -0.760. The third-order valence-corrected chi connectivity index (χ3v) is 3.15. The zero-order valence-corrected chi connectivity index (χ0v) is 9.61. The van der Waals surface area contributed by atoms with Crippen LogP contribution in [0.4, 0.5) is 13.2 Å². The molecule has 0 aromatic heterocycles. The topological polar surface area (TPSA) is 50.1 Å². The molecule has 94 valence electrons. The number of thioether (sulfide) groups is 1. The Labute approximate surface area is 101 Å². The lowest BCUT2D eigenvalue weighted by atomic mass is 10.1. The second-order valence-electron chi connectivity index (χ2n) is 3.80. The maximum atomic E-state index is 12.2. The van der Waals surface area contributed by atoms with Gasteiger partial charge in [-0.2, -0.15) is 13.2 Å². The minimum Gasteiger partial charge on any atom is -0.315 e. The van der Waals surface area contributed by atoms with E-state index in [2.05, 4.69) is 10.9 Å². The molecule has 2 unspecified atom stereocenters. The van der Waals surface area contributed by atoms with E-state index in [0.29, 0.717) is 6.42 Å². The summed E-state index contributed by atoms with van der Waals surface area (Å²) in [6.07, 6.45) is 0.485. The Morgan fingerprint density at radius 2 is 2.06 bits per heavy atom. The number of hydrazine groups is 1. The van der Waals surface area contributed by atoms with Crippen molar-refractivity contribution in [3.05, 3.63) is 29.8 Å². The first-order valence-corrected chi connectivity index (χ1v) is 5.88. The van der Waals surface area contributed by atoms with Crippen LogP contribution >= 0.6 is 11.8 Å². The van der Waals surface area contributed by atoms with Gasteiger partial charge in [-0.15, -0.1) is 0 Å². The summed E-state index contributed by atoms with van der Waals surface area (Å²) in [6, 6.07) is 6.35. The van der Waals surface area contributed by atoms with Crippen molar-refractivity contribution in [2.45, 2.75) is 29.0 Å². The number of hydrogen-bond donors (Lipinski definition) is 3. The molecule has 1 heterocycles. The number of nitrogens with two attached hydrogens (primary N) is 1. The van der Waals surface area contributed by atoms with Crippen LogP contribution in [0.2, 0.25) is 0 Å². The summed E-state index contributed by atoms with van der Waals surface area (Å²) in [5, 5.41) is 0. The summed E-state index contributed by atoms with van der Waals surface area (Å²) < 4.78 is 36.7. The van der Waals surface area contributed by atoms with E-state index in [-0.39, 0.29) is 28.9 Å². The van der Waals surface area contributed by atoms with Crippen LogP contribution in [0.5, 0.6) is 0 Å². The average Bonchev–Trinajstić information content (AvgIpc) is 2.63. The lowest BCUT2D eigenvalue weighted by molar-refractivity contribution is -0.0328. The Kier molecular flexibility index (Phi) is 3.62. The molecule has 1 fully saturated rings. The van der Waals surface area contributed by atoms with E-state index in [4.69, 9.17) is 5.73 Å². The summed E-state index contributed by atoms with van der Waals surface area (Å²) in [6.45, 7) is 0. The average molecular weight is 263 g/mol. The number of hydrogen-bond acceptors (Lipinski definition) is 4. The fraction of sp³-hybridized carbons (Fsp3) is 0.400. The highest BCUT2D eigenvalue weighted by atomic mass is 32.2. The van der Waals surface area contributed by atoms with E-state index in [9.17, 15) is 13.2 Å². The maximum Gasteiger partial charge on any atom is 0.446 e. The number of benzene rings is 1. The second-order valence-corrected chi connectivity index (χ2v) is 4.94. The van der Waals surface area contributed by atoms with E-state index < -0.39 is 5.51 Å². The SMILES string of the molecule is NC1CC(c2cccc(SC(F)(F)F)c2)NN1. The van der Waals surface area contributed by atoms with Crippen molar-refractivity contribution in [2.24, 2.45) is 5.73 Å². The highest BCUT2D eigenvalue weighted by Gasteiger charge is 2.30. The quantitative estimate of drug-likeness (QED) is 0.715. The molecular weight excluding hydrogens is 251 g/mol. The largest absolute Gasteiger partial charge is 0.446 e. The molecule has 1 aliphatic heterocycles. The van der Waals surface area contributed by atoms with Gasteiger partial charge in [-0.1, -0.05) is 12.1 Å². The van der Waals surface area contributed by atoms with E-state index >= 15 is 0 Å². The Bertz CT molecular complexity index is 397. The van der Waals surface area contributed by atoms with Gasteiger partial charge in [0.1, 0.15) is 0 Å². The van der Waals surface area contributed by atoms with E-state index in [1.165, 1.54) is 12.1 Å². The summed E-state index contributed by atoms with van der Waals surface area (Å²) in [5.74, 6) is 0. The maximum absolute atomic E-state index is 12.2. The van der Waals surface area contributed by atoms with Crippen LogP contribution < -0.4 is 16.6 Å². The molecule has 1 saturated heterocycles. The number of nitrogens with one attached hydrogen (secondary N) is 2. The smallest absolute Gasteiger partial charge is 0.315 e. The zero-order chi connectivity index (χ0) is 12.5. The molecule has 17 heavy (non-hydrogen) atoms. The number of alkyl halides is 3. The van der Waals surface area contributed by atoms with Gasteiger partial charge in [-0.3, -0.25) is 0 Å². The van der Waals surface area contributed by atoms with Gasteiger partial charge in [0.05, 0.1) is 6.17 Å². The standard InChI is InChI=1S/C10H12F3N3S/c11-10(12,13)17-7-3-1-2-6(4-7)8-5-9(14)16-15-8/h1-4,8-9,15-16H,5,14H2. The fourth-order valence-corrected chi connectivity index (χ4v) is 2.34. The van der Waals surface area contributed by atoms with Gasteiger partial charge in [-0.05, 0) is 35.9 Å². The lowest BCUT2D eigenvalue weighted by Crippen LogP contribution is -2.36. The molecule has 0 aliphatic carbocycles. The molecule has 2 atom stereocenters. The van der Waals surface area contributed by atoms with Crippen LogP contribution in [0.3, 0.4) is 0 Å². The fourth-order valence-electron chi connectivity index (χ4n) is 1.73. The van der Waals surface area contributed by atoms with Crippen LogP contribution in [0.1, 0.15) is 18.0 Å². The highest BCUT2D eigenvalue weighted by Crippen LogP contribution is 2.37. The van der Waals surface area contributed by atoms with E-state index in [1.807, 2.05) is 0 Å². The molecule has 0 saturated carbocycles. The Morgan fingerprint density at radius 3 is 2.65 bits per heavy atom. The van der Waals surface area contributed by atoms with Crippen molar-refractivity contribution >= 4 is 11.8 Å². The Morgan fingerprint density at radius 1 is 1.29 bits per heavy atom. The van der Waals surface area contributed by atoms with Crippen molar-refractivity contribution in [1.29, 1.82) is 0 Å². The second kappa shape index (κ2) is 4.85. The Balaban J connectivity index is 2.11. The molecule has 1 aliphatic rings. The van der Waals surface area contributed by atoms with Crippen molar-refractivity contribution in [3.63, 3.8) is 0 Å². The van der Waals surface area contributed by atoms with Crippen LogP contribution in [0.15, 0.2) is 29.2 Å². The first kappa shape index (κ1) is 12.7. The minimum absolute atomic E-state index is 0.0428. The highest BCUT2D eigenvalue weighted by molar-refractivity contribution is 8.00. The molecule has 2 rings (SSSR count). The summed E-state index contributed by atoms with van der Waals surface area (Å²) in [5.41, 5.74) is 7.98. The van der Waals surface area contributed by atoms with Gasteiger partial charge in [0.15, 0.2) is 0 Å². The van der Waals surface area contributed by atoms with Crippen LogP contribution in [0.25, 0.3) is 0 Å². The van der Waals surface area contributed by atoms with Crippen LogP contribution in [-0.2, 0) is 0 Å². The first-order valence-electron chi connectivity index (χ1n) is 5.06. The molecule has 0 radical (unpaired) electrons. The first-order chi connectivity index (χ1) is 7.94. The van der Waals surface area contributed by atoms with Crippen molar-refractivity contribution < 1.29 is 13.2 Å². The monoisotopic (exact) mass is 263 g/mol. The molecule has 3 nitrogen and oxygen atoms in total. The van der Waals surface area contributed by atoms with Gasteiger partial charge in [0, 0.05) is 10.9 Å². The van der Waals surface area contributed by atoms with E-state index in [1.54, 1.807) is 12.1 Å².